The molecule has 0 saturated carbocycles. The molecular weight excluding hydrogens is 343 g/mol. The summed E-state index contributed by atoms with van der Waals surface area (Å²) in [6.45, 7) is 1.78. The van der Waals surface area contributed by atoms with Crippen molar-refractivity contribution < 1.29 is 4.39 Å². The highest BCUT2D eigenvalue weighted by molar-refractivity contribution is 6.30. The van der Waals surface area contributed by atoms with Gasteiger partial charge in [-0.2, -0.15) is 14.9 Å². The van der Waals surface area contributed by atoms with Gasteiger partial charge in [0.15, 0.2) is 0 Å². The topological polar surface area (TPSA) is 52.7 Å². The monoisotopic (exact) mass is 354 g/mol. The molecule has 0 saturated heterocycles. The number of hydrogen-bond acceptors (Lipinski definition) is 3. The van der Waals surface area contributed by atoms with Gasteiger partial charge in [0.2, 0.25) is 0 Å². The summed E-state index contributed by atoms with van der Waals surface area (Å²) in [6.07, 6.45) is 1.53. The molecule has 5 nitrogen and oxygen atoms in total. The Kier molecular flexibility index (Phi) is 3.62. The molecule has 0 N–H and O–H groups in total. The fourth-order valence-electron chi connectivity index (χ4n) is 2.73. The molecule has 0 aliphatic heterocycles. The maximum Gasteiger partial charge on any atom is 0.298 e. The molecule has 124 valence electrons. The minimum absolute atomic E-state index is 0.211. The molecular formula is C18H12ClFN4O. The Morgan fingerprint density at radius 2 is 1.76 bits per heavy atom. The summed E-state index contributed by atoms with van der Waals surface area (Å²) < 4.78 is 16.8. The first-order chi connectivity index (χ1) is 12.1. The number of aryl methyl sites for hydroxylation is 1. The van der Waals surface area contributed by atoms with E-state index in [1.165, 1.54) is 21.6 Å². The van der Waals surface area contributed by atoms with E-state index in [0.717, 1.165) is 0 Å². The summed E-state index contributed by atoms with van der Waals surface area (Å²) in [7, 11) is 0. The van der Waals surface area contributed by atoms with E-state index in [-0.39, 0.29) is 16.8 Å². The van der Waals surface area contributed by atoms with Gasteiger partial charge in [0.05, 0.1) is 17.6 Å². The van der Waals surface area contributed by atoms with Crippen LogP contribution in [0.15, 0.2) is 59.5 Å². The van der Waals surface area contributed by atoms with Crippen molar-refractivity contribution in [2.24, 2.45) is 0 Å². The molecule has 0 aliphatic carbocycles. The van der Waals surface area contributed by atoms with Gasteiger partial charge < -0.3 is 0 Å². The van der Waals surface area contributed by atoms with Crippen LogP contribution in [-0.2, 0) is 0 Å². The number of halogens is 2. The second-order valence-corrected chi connectivity index (χ2v) is 5.99. The molecule has 2 aromatic carbocycles. The SMILES string of the molecule is Cc1nn(-c2ccc(Cl)cc2)c(=O)c2c1cnn2-c1ccccc1F. The molecule has 4 aromatic rings. The predicted octanol–water partition coefficient (Wildman–Crippen LogP) is 3.67. The quantitative estimate of drug-likeness (QED) is 0.552. The average Bonchev–Trinajstić information content (AvgIpc) is 3.05. The second kappa shape index (κ2) is 5.82. The van der Waals surface area contributed by atoms with Gasteiger partial charge in [-0.1, -0.05) is 23.7 Å². The lowest BCUT2D eigenvalue weighted by atomic mass is 10.2. The molecule has 0 atom stereocenters. The second-order valence-electron chi connectivity index (χ2n) is 5.55. The lowest BCUT2D eigenvalue weighted by Gasteiger charge is -2.09. The van der Waals surface area contributed by atoms with Gasteiger partial charge in [-0.15, -0.1) is 0 Å². The van der Waals surface area contributed by atoms with Crippen molar-refractivity contribution in [2.45, 2.75) is 6.92 Å². The fourth-order valence-corrected chi connectivity index (χ4v) is 2.86. The van der Waals surface area contributed by atoms with Crippen molar-refractivity contribution in [2.75, 3.05) is 0 Å². The summed E-state index contributed by atoms with van der Waals surface area (Å²) in [5.74, 6) is -0.459. The van der Waals surface area contributed by atoms with Gasteiger partial charge in [-0.25, -0.2) is 9.07 Å². The summed E-state index contributed by atoms with van der Waals surface area (Å²) in [5, 5.41) is 9.69. The molecule has 0 bridgehead atoms. The minimum Gasteiger partial charge on any atom is -0.265 e. The zero-order chi connectivity index (χ0) is 17.6. The van der Waals surface area contributed by atoms with E-state index in [1.54, 1.807) is 49.4 Å². The summed E-state index contributed by atoms with van der Waals surface area (Å²) in [6, 6.07) is 12.9. The molecule has 7 heteroatoms. The highest BCUT2D eigenvalue weighted by Gasteiger charge is 2.17. The Morgan fingerprint density at radius 1 is 1.04 bits per heavy atom. The smallest absolute Gasteiger partial charge is 0.265 e. The number of para-hydroxylation sites is 1. The van der Waals surface area contributed by atoms with Crippen molar-refractivity contribution in [3.63, 3.8) is 0 Å². The molecule has 0 amide bonds. The van der Waals surface area contributed by atoms with E-state index >= 15 is 0 Å². The third kappa shape index (κ3) is 2.51. The lowest BCUT2D eigenvalue weighted by Crippen LogP contribution is -2.24. The maximum absolute atomic E-state index is 14.2. The van der Waals surface area contributed by atoms with Gasteiger partial charge in [-0.3, -0.25) is 4.79 Å². The Morgan fingerprint density at radius 3 is 2.48 bits per heavy atom. The van der Waals surface area contributed by atoms with Crippen molar-refractivity contribution in [3.05, 3.63) is 81.6 Å². The number of aromatic nitrogens is 4. The van der Waals surface area contributed by atoms with E-state index < -0.39 is 5.82 Å². The highest BCUT2D eigenvalue weighted by Crippen LogP contribution is 2.20. The van der Waals surface area contributed by atoms with Crippen LogP contribution in [0.25, 0.3) is 22.3 Å². The standard InChI is InChI=1S/C18H12ClFN4O/c1-11-14-10-21-24(16-5-3-2-4-15(16)20)17(14)18(25)23(22-11)13-8-6-12(19)7-9-13/h2-10H,1H3. The fraction of sp³-hybridized carbons (Fsp3) is 0.0556. The van der Waals surface area contributed by atoms with Crippen molar-refractivity contribution in [1.29, 1.82) is 0 Å². The molecule has 0 spiro atoms. The van der Waals surface area contributed by atoms with Crippen molar-refractivity contribution in [1.82, 2.24) is 19.6 Å². The van der Waals surface area contributed by atoms with Crippen LogP contribution in [0, 0.1) is 12.7 Å². The summed E-state index contributed by atoms with van der Waals surface area (Å²) >= 11 is 5.91. The van der Waals surface area contributed by atoms with Crippen LogP contribution in [0.1, 0.15) is 5.69 Å². The first-order valence-corrected chi connectivity index (χ1v) is 7.92. The Labute approximate surface area is 146 Å². The molecule has 25 heavy (non-hydrogen) atoms. The third-order valence-electron chi connectivity index (χ3n) is 3.96. The first kappa shape index (κ1) is 15.5. The number of hydrogen-bond donors (Lipinski definition) is 0. The molecule has 0 radical (unpaired) electrons. The van der Waals surface area contributed by atoms with Gasteiger partial charge >= 0.3 is 0 Å². The molecule has 4 rings (SSSR count). The predicted molar refractivity (Wildman–Crippen MR) is 94.2 cm³/mol. The number of fused-ring (bicyclic) bond motifs is 1. The van der Waals surface area contributed by atoms with Crippen molar-refractivity contribution in [3.8, 4) is 11.4 Å². The van der Waals surface area contributed by atoms with E-state index in [1.807, 2.05) is 0 Å². The third-order valence-corrected chi connectivity index (χ3v) is 4.21. The Balaban J connectivity index is 2.05. The van der Waals surface area contributed by atoms with E-state index in [0.29, 0.717) is 21.8 Å². The van der Waals surface area contributed by atoms with Gasteiger partial charge in [0.1, 0.15) is 17.0 Å². The van der Waals surface area contributed by atoms with Crippen LogP contribution in [0.4, 0.5) is 4.39 Å². The van der Waals surface area contributed by atoms with Crippen molar-refractivity contribution >= 4 is 22.5 Å². The largest absolute Gasteiger partial charge is 0.298 e. The summed E-state index contributed by atoms with van der Waals surface area (Å²) in [4.78, 5) is 13.0. The van der Waals surface area contributed by atoms with E-state index in [2.05, 4.69) is 10.2 Å². The zero-order valence-electron chi connectivity index (χ0n) is 13.1. The molecule has 0 fully saturated rings. The molecule has 0 aliphatic rings. The van der Waals surface area contributed by atoms with E-state index in [4.69, 9.17) is 11.6 Å². The average molecular weight is 355 g/mol. The maximum atomic E-state index is 14.2. The zero-order valence-corrected chi connectivity index (χ0v) is 13.9. The van der Waals surface area contributed by atoms with Gasteiger partial charge in [0, 0.05) is 10.4 Å². The normalized spacial score (nSPS) is 11.2. The number of nitrogens with zero attached hydrogens (tertiary/aromatic N) is 4. The summed E-state index contributed by atoms with van der Waals surface area (Å²) in [5.41, 5.74) is 1.28. The molecule has 2 aromatic heterocycles. The first-order valence-electron chi connectivity index (χ1n) is 7.55. The lowest BCUT2D eigenvalue weighted by molar-refractivity contribution is 0.612. The Bertz CT molecular complexity index is 1150. The van der Waals surface area contributed by atoms with Crippen LogP contribution in [0.2, 0.25) is 5.02 Å². The van der Waals surface area contributed by atoms with Crippen LogP contribution in [0.3, 0.4) is 0 Å². The van der Waals surface area contributed by atoms with Crippen LogP contribution < -0.4 is 5.56 Å². The van der Waals surface area contributed by atoms with Crippen LogP contribution >= 0.6 is 11.6 Å². The molecule has 0 unspecified atom stereocenters. The highest BCUT2D eigenvalue weighted by atomic mass is 35.5. The van der Waals surface area contributed by atoms with Crippen LogP contribution in [0.5, 0.6) is 0 Å². The number of benzene rings is 2. The van der Waals surface area contributed by atoms with Gasteiger partial charge in [0.25, 0.3) is 5.56 Å². The minimum atomic E-state index is -0.459. The number of rotatable bonds is 2. The van der Waals surface area contributed by atoms with Crippen LogP contribution in [-0.4, -0.2) is 19.6 Å². The van der Waals surface area contributed by atoms with Gasteiger partial charge in [-0.05, 0) is 43.3 Å². The Hall–Kier alpha value is -2.99. The van der Waals surface area contributed by atoms with E-state index in [9.17, 15) is 9.18 Å². The molecule has 2 heterocycles.